The minimum Gasteiger partial charge on any atom is -0.324 e. The second-order valence-corrected chi connectivity index (χ2v) is 3.96. The third-order valence-corrected chi connectivity index (χ3v) is 2.33. The molecule has 0 aliphatic carbocycles. The first kappa shape index (κ1) is 11.6. The molecule has 0 heterocycles. The molecular formula is C11H12N2OS. The van der Waals surface area contributed by atoms with Crippen LogP contribution in [0.2, 0.25) is 0 Å². The van der Waals surface area contributed by atoms with Crippen LogP contribution < -0.4 is 11.3 Å². The van der Waals surface area contributed by atoms with E-state index in [-0.39, 0.29) is 5.12 Å². The lowest BCUT2D eigenvalue weighted by molar-refractivity contribution is -0.109. The number of anilines is 1. The lowest BCUT2D eigenvalue weighted by Gasteiger charge is -1.97. The van der Waals surface area contributed by atoms with Crippen LogP contribution in [0.1, 0.15) is 12.5 Å². The number of carbonyl (C=O) groups excluding carboxylic acids is 1. The van der Waals surface area contributed by atoms with Gasteiger partial charge in [0.05, 0.1) is 5.75 Å². The molecule has 0 saturated heterocycles. The Kier molecular flexibility index (Phi) is 4.75. The smallest absolute Gasteiger partial charge is 0.186 e. The molecule has 1 aromatic rings. The highest BCUT2D eigenvalue weighted by Crippen LogP contribution is 2.06. The van der Waals surface area contributed by atoms with E-state index < -0.39 is 0 Å². The van der Waals surface area contributed by atoms with Crippen LogP contribution in [-0.2, 0) is 4.79 Å². The third-order valence-electron chi connectivity index (χ3n) is 1.63. The molecule has 3 nitrogen and oxygen atoms in total. The Morgan fingerprint density at radius 2 is 2.13 bits per heavy atom. The van der Waals surface area contributed by atoms with Gasteiger partial charge in [-0.3, -0.25) is 10.6 Å². The normalized spacial score (nSPS) is 8.93. The maximum absolute atomic E-state index is 10.6. The largest absolute Gasteiger partial charge is 0.324 e. The van der Waals surface area contributed by atoms with Crippen molar-refractivity contribution >= 4 is 22.6 Å². The summed E-state index contributed by atoms with van der Waals surface area (Å²) in [4.78, 5) is 10.6. The summed E-state index contributed by atoms with van der Waals surface area (Å²) in [6.07, 6.45) is 0. The lowest BCUT2D eigenvalue weighted by atomic mass is 10.2. The molecule has 0 aliphatic rings. The molecule has 0 bridgehead atoms. The van der Waals surface area contributed by atoms with Crippen LogP contribution in [0.25, 0.3) is 0 Å². The van der Waals surface area contributed by atoms with Gasteiger partial charge in [-0.1, -0.05) is 23.6 Å². The van der Waals surface area contributed by atoms with Crippen LogP contribution in [0, 0.1) is 11.8 Å². The number of thioether (sulfide) groups is 1. The number of nitrogen functional groups attached to an aromatic ring is 1. The first-order chi connectivity index (χ1) is 7.22. The van der Waals surface area contributed by atoms with Crippen LogP contribution in [0.15, 0.2) is 24.3 Å². The molecule has 0 atom stereocenters. The Morgan fingerprint density at radius 1 is 1.47 bits per heavy atom. The minimum atomic E-state index is 0.0898. The van der Waals surface area contributed by atoms with Crippen LogP contribution >= 0.6 is 11.8 Å². The van der Waals surface area contributed by atoms with Crippen molar-refractivity contribution in [2.75, 3.05) is 11.2 Å². The molecule has 0 unspecified atom stereocenters. The molecule has 15 heavy (non-hydrogen) atoms. The van der Waals surface area contributed by atoms with Crippen molar-refractivity contribution in [3.8, 4) is 11.8 Å². The molecule has 0 saturated carbocycles. The number of nitrogens with one attached hydrogen (secondary N) is 1. The minimum absolute atomic E-state index is 0.0898. The SMILES string of the molecule is CC(=O)SCC#Cc1ccc(NN)cc1. The Labute approximate surface area is 93.4 Å². The van der Waals surface area contributed by atoms with Gasteiger partial charge < -0.3 is 5.43 Å². The number of nitrogens with two attached hydrogens (primary N) is 1. The zero-order valence-electron chi connectivity index (χ0n) is 8.41. The first-order valence-electron chi connectivity index (χ1n) is 4.41. The van der Waals surface area contributed by atoms with Crippen molar-refractivity contribution in [1.29, 1.82) is 0 Å². The fourth-order valence-electron chi connectivity index (χ4n) is 0.926. The van der Waals surface area contributed by atoms with E-state index in [4.69, 9.17) is 5.84 Å². The predicted molar refractivity (Wildman–Crippen MR) is 64.3 cm³/mol. The number of carbonyl (C=O) groups is 1. The van der Waals surface area contributed by atoms with Gasteiger partial charge in [-0.15, -0.1) is 0 Å². The highest BCUT2D eigenvalue weighted by molar-refractivity contribution is 8.13. The molecular weight excluding hydrogens is 208 g/mol. The Hall–Kier alpha value is -1.44. The van der Waals surface area contributed by atoms with Crippen molar-refractivity contribution in [1.82, 2.24) is 0 Å². The van der Waals surface area contributed by atoms with Gasteiger partial charge in [0.2, 0.25) is 0 Å². The molecule has 0 fully saturated rings. The summed E-state index contributed by atoms with van der Waals surface area (Å²) >= 11 is 1.21. The van der Waals surface area contributed by atoms with E-state index in [1.807, 2.05) is 24.3 Å². The number of rotatable bonds is 2. The van der Waals surface area contributed by atoms with Crippen LogP contribution in [-0.4, -0.2) is 10.9 Å². The molecule has 3 N–H and O–H groups in total. The van der Waals surface area contributed by atoms with Gasteiger partial charge in [0, 0.05) is 18.2 Å². The fourth-order valence-corrected chi connectivity index (χ4v) is 1.27. The van der Waals surface area contributed by atoms with E-state index in [0.717, 1.165) is 11.3 Å². The number of hydrazine groups is 1. The maximum atomic E-state index is 10.6. The van der Waals surface area contributed by atoms with Gasteiger partial charge >= 0.3 is 0 Å². The molecule has 78 valence electrons. The van der Waals surface area contributed by atoms with Crippen molar-refractivity contribution in [3.63, 3.8) is 0 Å². The summed E-state index contributed by atoms with van der Waals surface area (Å²) in [5, 5.41) is 0.0898. The topological polar surface area (TPSA) is 55.1 Å². The maximum Gasteiger partial charge on any atom is 0.186 e. The van der Waals surface area contributed by atoms with Gasteiger partial charge in [0.15, 0.2) is 5.12 Å². The molecule has 0 aromatic heterocycles. The lowest BCUT2D eigenvalue weighted by Crippen LogP contribution is -2.05. The Balaban J connectivity index is 2.52. The second kappa shape index (κ2) is 6.12. The molecule has 0 amide bonds. The number of benzene rings is 1. The van der Waals surface area contributed by atoms with Gasteiger partial charge in [-0.05, 0) is 24.3 Å². The van der Waals surface area contributed by atoms with E-state index in [0.29, 0.717) is 5.75 Å². The summed E-state index contributed by atoms with van der Waals surface area (Å²) in [5.41, 5.74) is 4.30. The zero-order valence-corrected chi connectivity index (χ0v) is 9.23. The summed E-state index contributed by atoms with van der Waals surface area (Å²) in [6, 6.07) is 7.45. The van der Waals surface area contributed by atoms with Crippen molar-refractivity contribution in [3.05, 3.63) is 29.8 Å². The fraction of sp³-hybridized carbons (Fsp3) is 0.182. The van der Waals surface area contributed by atoms with Gasteiger partial charge in [0.25, 0.3) is 0 Å². The quantitative estimate of drug-likeness (QED) is 0.451. The Morgan fingerprint density at radius 3 is 2.67 bits per heavy atom. The summed E-state index contributed by atoms with van der Waals surface area (Å²) in [6.45, 7) is 1.54. The Bertz CT molecular complexity index is 389. The highest BCUT2D eigenvalue weighted by Gasteiger charge is 1.90. The van der Waals surface area contributed by atoms with E-state index in [2.05, 4.69) is 17.3 Å². The molecule has 0 radical (unpaired) electrons. The third kappa shape index (κ3) is 4.54. The van der Waals surface area contributed by atoms with Crippen LogP contribution in [0.5, 0.6) is 0 Å². The summed E-state index contributed by atoms with van der Waals surface area (Å²) < 4.78 is 0. The molecule has 1 aromatic carbocycles. The zero-order chi connectivity index (χ0) is 11.1. The monoisotopic (exact) mass is 220 g/mol. The van der Waals surface area contributed by atoms with Crippen molar-refractivity contribution in [2.45, 2.75) is 6.92 Å². The number of hydrogen-bond acceptors (Lipinski definition) is 4. The summed E-state index contributed by atoms with van der Waals surface area (Å²) in [5.74, 6) is 11.6. The predicted octanol–water partition coefficient (Wildman–Crippen LogP) is 1.60. The second-order valence-electron chi connectivity index (χ2n) is 2.80. The standard InChI is InChI=1S/C11H12N2OS/c1-9(14)15-8-2-3-10-4-6-11(13-12)7-5-10/h4-7,13H,8,12H2,1H3. The molecule has 0 spiro atoms. The van der Waals surface area contributed by atoms with Crippen LogP contribution in [0.3, 0.4) is 0 Å². The van der Waals surface area contributed by atoms with E-state index in [1.54, 1.807) is 0 Å². The van der Waals surface area contributed by atoms with Crippen molar-refractivity contribution < 1.29 is 4.79 Å². The van der Waals surface area contributed by atoms with Crippen LogP contribution in [0.4, 0.5) is 5.69 Å². The highest BCUT2D eigenvalue weighted by atomic mass is 32.2. The molecule has 0 aliphatic heterocycles. The van der Waals surface area contributed by atoms with Crippen molar-refractivity contribution in [2.24, 2.45) is 5.84 Å². The number of hydrogen-bond donors (Lipinski definition) is 2. The van der Waals surface area contributed by atoms with E-state index in [9.17, 15) is 4.79 Å². The summed E-state index contributed by atoms with van der Waals surface area (Å²) in [7, 11) is 0. The van der Waals surface area contributed by atoms with Gasteiger partial charge in [-0.2, -0.15) is 0 Å². The first-order valence-corrected chi connectivity index (χ1v) is 5.40. The average molecular weight is 220 g/mol. The average Bonchev–Trinajstić information content (AvgIpc) is 2.25. The van der Waals surface area contributed by atoms with Gasteiger partial charge in [0.1, 0.15) is 0 Å². The molecule has 4 heteroatoms. The van der Waals surface area contributed by atoms with E-state index >= 15 is 0 Å². The molecule has 1 rings (SSSR count). The van der Waals surface area contributed by atoms with Gasteiger partial charge in [-0.25, -0.2) is 0 Å². The van der Waals surface area contributed by atoms with E-state index in [1.165, 1.54) is 18.7 Å².